The SMILES string of the molecule is CCC(CN)NS(=O)(=O)c1ccc(F)c(C#N)c1. The summed E-state index contributed by atoms with van der Waals surface area (Å²) in [5.41, 5.74) is 5.10. The first-order chi connectivity index (χ1) is 8.44. The number of hydrogen-bond donors (Lipinski definition) is 2. The van der Waals surface area contributed by atoms with Gasteiger partial charge in [0.05, 0.1) is 10.5 Å². The molecule has 0 heterocycles. The van der Waals surface area contributed by atoms with Gasteiger partial charge in [-0.2, -0.15) is 5.26 Å². The lowest BCUT2D eigenvalue weighted by atomic mass is 10.2. The first kappa shape index (κ1) is 14.6. The summed E-state index contributed by atoms with van der Waals surface area (Å²) >= 11 is 0. The molecule has 0 amide bonds. The summed E-state index contributed by atoms with van der Waals surface area (Å²) in [5.74, 6) is -0.748. The number of rotatable bonds is 5. The molecule has 0 fully saturated rings. The highest BCUT2D eigenvalue weighted by Gasteiger charge is 2.19. The highest BCUT2D eigenvalue weighted by molar-refractivity contribution is 7.89. The van der Waals surface area contributed by atoms with Gasteiger partial charge in [-0.1, -0.05) is 6.92 Å². The number of sulfonamides is 1. The second-order valence-electron chi connectivity index (χ2n) is 3.72. The van der Waals surface area contributed by atoms with E-state index in [-0.39, 0.29) is 23.0 Å². The summed E-state index contributed by atoms with van der Waals surface area (Å²) in [6.07, 6.45) is 0.544. The molecule has 0 aliphatic heterocycles. The van der Waals surface area contributed by atoms with Gasteiger partial charge in [0, 0.05) is 12.6 Å². The van der Waals surface area contributed by atoms with E-state index < -0.39 is 15.8 Å². The van der Waals surface area contributed by atoms with E-state index in [4.69, 9.17) is 11.0 Å². The molecule has 18 heavy (non-hydrogen) atoms. The Kier molecular flexibility index (Phi) is 4.78. The summed E-state index contributed by atoms with van der Waals surface area (Å²) in [5, 5.41) is 8.66. The van der Waals surface area contributed by atoms with Crippen LogP contribution in [0, 0.1) is 17.1 Å². The van der Waals surface area contributed by atoms with Crippen molar-refractivity contribution in [2.24, 2.45) is 5.73 Å². The Hall–Kier alpha value is -1.49. The fourth-order valence-electron chi connectivity index (χ4n) is 1.34. The van der Waals surface area contributed by atoms with Gasteiger partial charge in [0.25, 0.3) is 0 Å². The van der Waals surface area contributed by atoms with E-state index >= 15 is 0 Å². The van der Waals surface area contributed by atoms with Gasteiger partial charge in [0.2, 0.25) is 10.0 Å². The minimum Gasteiger partial charge on any atom is -0.329 e. The van der Waals surface area contributed by atoms with Crippen molar-refractivity contribution in [3.63, 3.8) is 0 Å². The Morgan fingerprint density at radius 2 is 2.22 bits per heavy atom. The van der Waals surface area contributed by atoms with Gasteiger partial charge < -0.3 is 5.73 Å². The van der Waals surface area contributed by atoms with Crippen molar-refractivity contribution < 1.29 is 12.8 Å². The second kappa shape index (κ2) is 5.91. The van der Waals surface area contributed by atoms with E-state index in [9.17, 15) is 12.8 Å². The Bertz CT molecular complexity index is 562. The Labute approximate surface area is 105 Å². The van der Waals surface area contributed by atoms with Crippen LogP contribution >= 0.6 is 0 Å². The number of hydrogen-bond acceptors (Lipinski definition) is 4. The lowest BCUT2D eigenvalue weighted by molar-refractivity contribution is 0.542. The van der Waals surface area contributed by atoms with Gasteiger partial charge in [-0.15, -0.1) is 0 Å². The molecular formula is C11H14FN3O2S. The number of nitrogens with one attached hydrogen (secondary N) is 1. The molecule has 0 aromatic heterocycles. The smallest absolute Gasteiger partial charge is 0.240 e. The molecule has 0 spiro atoms. The largest absolute Gasteiger partial charge is 0.329 e. The van der Waals surface area contributed by atoms with Crippen LogP contribution in [-0.2, 0) is 10.0 Å². The molecule has 0 aliphatic rings. The molecule has 1 atom stereocenters. The maximum atomic E-state index is 13.1. The highest BCUT2D eigenvalue weighted by atomic mass is 32.2. The molecule has 98 valence electrons. The second-order valence-corrected chi connectivity index (χ2v) is 5.43. The van der Waals surface area contributed by atoms with Crippen LogP contribution in [-0.4, -0.2) is 21.0 Å². The number of nitriles is 1. The van der Waals surface area contributed by atoms with Crippen molar-refractivity contribution in [3.05, 3.63) is 29.6 Å². The predicted octanol–water partition coefficient (Wildman–Crippen LogP) is 0.713. The van der Waals surface area contributed by atoms with Crippen LogP contribution in [0.3, 0.4) is 0 Å². The van der Waals surface area contributed by atoms with E-state index in [1.165, 1.54) is 0 Å². The van der Waals surface area contributed by atoms with Crippen molar-refractivity contribution in [1.29, 1.82) is 5.26 Å². The molecule has 1 unspecified atom stereocenters. The fraction of sp³-hybridized carbons (Fsp3) is 0.364. The molecule has 7 heteroatoms. The standard InChI is InChI=1S/C11H14FN3O2S/c1-2-9(7-14)15-18(16,17)10-3-4-11(12)8(5-10)6-13/h3-5,9,15H,2,7,14H2,1H3. The minimum atomic E-state index is -3.78. The third-order valence-corrected chi connectivity index (χ3v) is 3.99. The van der Waals surface area contributed by atoms with E-state index in [1.807, 2.05) is 0 Å². The van der Waals surface area contributed by atoms with Gasteiger partial charge >= 0.3 is 0 Å². The van der Waals surface area contributed by atoms with Crippen molar-refractivity contribution in [2.45, 2.75) is 24.3 Å². The Morgan fingerprint density at radius 3 is 2.72 bits per heavy atom. The van der Waals surface area contributed by atoms with Crippen LogP contribution in [0.5, 0.6) is 0 Å². The fourth-order valence-corrected chi connectivity index (χ4v) is 2.70. The molecule has 1 aromatic rings. The molecular weight excluding hydrogens is 257 g/mol. The van der Waals surface area contributed by atoms with Gasteiger partial charge in [-0.3, -0.25) is 0 Å². The average Bonchev–Trinajstić information content (AvgIpc) is 2.36. The molecule has 1 aromatic carbocycles. The lowest BCUT2D eigenvalue weighted by Crippen LogP contribution is -2.39. The zero-order valence-corrected chi connectivity index (χ0v) is 10.7. The molecule has 0 saturated heterocycles. The molecule has 3 N–H and O–H groups in total. The summed E-state index contributed by atoms with van der Waals surface area (Å²) in [4.78, 5) is -0.146. The Morgan fingerprint density at radius 1 is 1.56 bits per heavy atom. The number of halogens is 1. The van der Waals surface area contributed by atoms with E-state index in [0.29, 0.717) is 6.42 Å². The van der Waals surface area contributed by atoms with Crippen LogP contribution in [0.25, 0.3) is 0 Å². The molecule has 1 rings (SSSR count). The van der Waals surface area contributed by atoms with Crippen molar-refractivity contribution in [2.75, 3.05) is 6.54 Å². The first-order valence-corrected chi connectivity index (χ1v) is 6.85. The highest BCUT2D eigenvalue weighted by Crippen LogP contribution is 2.14. The summed E-state index contributed by atoms with van der Waals surface area (Å²) in [6.45, 7) is 1.97. The van der Waals surface area contributed by atoms with Crippen LogP contribution in [0.4, 0.5) is 4.39 Å². The predicted molar refractivity (Wildman–Crippen MR) is 64.6 cm³/mol. The molecule has 0 saturated carbocycles. The van der Waals surface area contributed by atoms with Crippen molar-refractivity contribution in [1.82, 2.24) is 4.72 Å². The summed E-state index contributed by atoms with van der Waals surface area (Å²) < 4.78 is 39.4. The van der Waals surface area contributed by atoms with Gasteiger partial charge in [-0.05, 0) is 24.6 Å². The van der Waals surface area contributed by atoms with E-state index in [0.717, 1.165) is 18.2 Å². The average molecular weight is 271 g/mol. The summed E-state index contributed by atoms with van der Waals surface area (Å²) in [6, 6.07) is 4.28. The molecule has 0 radical (unpaired) electrons. The third kappa shape index (κ3) is 3.26. The maximum absolute atomic E-state index is 13.1. The van der Waals surface area contributed by atoms with Crippen LogP contribution < -0.4 is 10.5 Å². The van der Waals surface area contributed by atoms with E-state index in [1.54, 1.807) is 13.0 Å². The van der Waals surface area contributed by atoms with Crippen LogP contribution in [0.15, 0.2) is 23.1 Å². The van der Waals surface area contributed by atoms with Crippen LogP contribution in [0.2, 0.25) is 0 Å². The first-order valence-electron chi connectivity index (χ1n) is 5.36. The Balaban J connectivity index is 3.10. The summed E-state index contributed by atoms with van der Waals surface area (Å²) in [7, 11) is -3.78. The number of benzene rings is 1. The van der Waals surface area contributed by atoms with Crippen LogP contribution in [0.1, 0.15) is 18.9 Å². The van der Waals surface area contributed by atoms with Crippen molar-refractivity contribution in [3.8, 4) is 6.07 Å². The van der Waals surface area contributed by atoms with Crippen molar-refractivity contribution >= 4 is 10.0 Å². The quantitative estimate of drug-likeness (QED) is 0.824. The minimum absolute atomic E-state index is 0.146. The number of nitrogens with two attached hydrogens (primary N) is 1. The zero-order chi connectivity index (χ0) is 13.8. The van der Waals surface area contributed by atoms with Gasteiger partial charge in [-0.25, -0.2) is 17.5 Å². The topological polar surface area (TPSA) is 96.0 Å². The zero-order valence-electron chi connectivity index (χ0n) is 9.85. The van der Waals surface area contributed by atoms with E-state index in [2.05, 4.69) is 4.72 Å². The lowest BCUT2D eigenvalue weighted by Gasteiger charge is -2.14. The normalized spacial score (nSPS) is 13.0. The van der Waals surface area contributed by atoms with Gasteiger partial charge in [0.15, 0.2) is 0 Å². The molecule has 0 bridgehead atoms. The van der Waals surface area contributed by atoms with Gasteiger partial charge in [0.1, 0.15) is 11.9 Å². The maximum Gasteiger partial charge on any atom is 0.240 e. The third-order valence-electron chi connectivity index (χ3n) is 2.47. The monoisotopic (exact) mass is 271 g/mol. The molecule has 0 aliphatic carbocycles. The molecule has 5 nitrogen and oxygen atoms in total. The number of nitrogens with zero attached hydrogens (tertiary/aromatic N) is 1.